The van der Waals surface area contributed by atoms with Crippen LogP contribution in [0.5, 0.6) is 5.75 Å². The van der Waals surface area contributed by atoms with Crippen LogP contribution in [0.2, 0.25) is 5.02 Å². The van der Waals surface area contributed by atoms with Crippen molar-refractivity contribution in [3.63, 3.8) is 0 Å². The predicted molar refractivity (Wildman–Crippen MR) is 119 cm³/mol. The first-order valence-corrected chi connectivity index (χ1v) is 10.5. The third-order valence-electron chi connectivity index (χ3n) is 5.39. The standard InChI is InChI=1S/C23H30ClN3O2/c1-17(2)23(18-8-10-19(29-3)11-9-18)25-22(28)16-26-12-14-27(15-13-26)21-7-5-4-6-20(21)24/h4-11,17,23H,12-16H2,1-3H3,(H,25,28). The zero-order valence-electron chi connectivity index (χ0n) is 17.4. The predicted octanol–water partition coefficient (Wildman–Crippen LogP) is 3.98. The first-order valence-electron chi connectivity index (χ1n) is 10.1. The Balaban J connectivity index is 1.53. The van der Waals surface area contributed by atoms with E-state index in [0.29, 0.717) is 12.5 Å². The van der Waals surface area contributed by atoms with Gasteiger partial charge in [0.05, 0.1) is 30.4 Å². The molecule has 1 heterocycles. The summed E-state index contributed by atoms with van der Waals surface area (Å²) in [6.07, 6.45) is 0. The summed E-state index contributed by atoms with van der Waals surface area (Å²) in [5.74, 6) is 1.18. The summed E-state index contributed by atoms with van der Waals surface area (Å²) < 4.78 is 5.23. The van der Waals surface area contributed by atoms with Gasteiger partial charge in [0, 0.05) is 26.2 Å². The number of benzene rings is 2. The van der Waals surface area contributed by atoms with Crippen molar-refractivity contribution in [3.05, 3.63) is 59.1 Å². The molecule has 0 saturated carbocycles. The fourth-order valence-corrected chi connectivity index (χ4v) is 3.98. The van der Waals surface area contributed by atoms with Crippen molar-refractivity contribution < 1.29 is 9.53 Å². The minimum Gasteiger partial charge on any atom is -0.497 e. The molecule has 1 aliphatic rings. The van der Waals surface area contributed by atoms with Crippen molar-refractivity contribution in [1.29, 1.82) is 0 Å². The van der Waals surface area contributed by atoms with Gasteiger partial charge in [-0.25, -0.2) is 0 Å². The number of nitrogens with one attached hydrogen (secondary N) is 1. The Morgan fingerprint density at radius 1 is 1.07 bits per heavy atom. The second kappa shape index (κ2) is 9.99. The number of hydrogen-bond acceptors (Lipinski definition) is 4. The Bertz CT molecular complexity index is 802. The molecule has 1 atom stereocenters. The summed E-state index contributed by atoms with van der Waals surface area (Å²) in [7, 11) is 1.65. The highest BCUT2D eigenvalue weighted by Crippen LogP contribution is 2.26. The van der Waals surface area contributed by atoms with Gasteiger partial charge in [-0.15, -0.1) is 0 Å². The van der Waals surface area contributed by atoms with E-state index in [1.165, 1.54) is 0 Å². The molecule has 1 N–H and O–H groups in total. The Morgan fingerprint density at radius 2 is 1.72 bits per heavy atom. The second-order valence-corrected chi connectivity index (χ2v) is 8.18. The smallest absolute Gasteiger partial charge is 0.234 e. The van der Waals surface area contributed by atoms with E-state index in [-0.39, 0.29) is 11.9 Å². The minimum absolute atomic E-state index is 0.0159. The Hall–Kier alpha value is -2.24. The largest absolute Gasteiger partial charge is 0.497 e. The monoisotopic (exact) mass is 415 g/mol. The molecule has 1 saturated heterocycles. The maximum atomic E-state index is 12.7. The first-order chi connectivity index (χ1) is 14.0. The lowest BCUT2D eigenvalue weighted by Gasteiger charge is -2.36. The number of carbonyl (C=O) groups is 1. The minimum atomic E-state index is -0.0159. The summed E-state index contributed by atoms with van der Waals surface area (Å²) in [5, 5.41) is 3.99. The highest BCUT2D eigenvalue weighted by atomic mass is 35.5. The summed E-state index contributed by atoms with van der Waals surface area (Å²) in [5.41, 5.74) is 2.16. The average Bonchev–Trinajstić information content (AvgIpc) is 2.73. The van der Waals surface area contributed by atoms with Gasteiger partial charge in [0.1, 0.15) is 5.75 Å². The van der Waals surface area contributed by atoms with Crippen LogP contribution < -0.4 is 15.0 Å². The molecule has 2 aromatic rings. The maximum Gasteiger partial charge on any atom is 0.234 e. The number of piperazine rings is 1. The number of nitrogens with zero attached hydrogens (tertiary/aromatic N) is 2. The van der Waals surface area contributed by atoms with E-state index in [9.17, 15) is 4.79 Å². The van der Waals surface area contributed by atoms with Crippen LogP contribution in [0.3, 0.4) is 0 Å². The summed E-state index contributed by atoms with van der Waals surface area (Å²) in [6, 6.07) is 15.8. The van der Waals surface area contributed by atoms with Crippen molar-refractivity contribution in [2.24, 2.45) is 5.92 Å². The van der Waals surface area contributed by atoms with E-state index in [2.05, 4.69) is 29.0 Å². The van der Waals surface area contributed by atoms with E-state index in [4.69, 9.17) is 16.3 Å². The van der Waals surface area contributed by atoms with Crippen molar-refractivity contribution in [3.8, 4) is 5.75 Å². The quantitative estimate of drug-likeness (QED) is 0.742. The van der Waals surface area contributed by atoms with Crippen LogP contribution in [0.1, 0.15) is 25.5 Å². The van der Waals surface area contributed by atoms with Crippen LogP contribution in [0.15, 0.2) is 48.5 Å². The molecule has 2 aromatic carbocycles. The highest BCUT2D eigenvalue weighted by Gasteiger charge is 2.23. The molecule has 156 valence electrons. The molecule has 1 fully saturated rings. The number of methoxy groups -OCH3 is 1. The molecule has 1 amide bonds. The molecule has 5 nitrogen and oxygen atoms in total. The van der Waals surface area contributed by atoms with Gasteiger partial charge in [0.2, 0.25) is 5.91 Å². The van der Waals surface area contributed by atoms with Gasteiger partial charge >= 0.3 is 0 Å². The van der Waals surface area contributed by atoms with E-state index >= 15 is 0 Å². The van der Waals surface area contributed by atoms with Gasteiger partial charge in [-0.3, -0.25) is 9.69 Å². The molecule has 0 spiro atoms. The summed E-state index contributed by atoms with van der Waals surface area (Å²) >= 11 is 6.32. The number of carbonyl (C=O) groups excluding carboxylic acids is 1. The van der Waals surface area contributed by atoms with Gasteiger partial charge in [-0.1, -0.05) is 49.7 Å². The SMILES string of the molecule is COc1ccc(C(NC(=O)CN2CCN(c3ccccc3Cl)CC2)C(C)C)cc1. The van der Waals surface area contributed by atoms with Gasteiger partial charge in [-0.2, -0.15) is 0 Å². The normalized spacial score (nSPS) is 16.0. The Kier molecular flexibility index (Phi) is 7.40. The van der Waals surface area contributed by atoms with E-state index in [1.54, 1.807) is 7.11 Å². The molecule has 0 radical (unpaired) electrons. The van der Waals surface area contributed by atoms with Crippen LogP contribution in [0, 0.1) is 5.92 Å². The van der Waals surface area contributed by atoms with Crippen molar-refractivity contribution >= 4 is 23.2 Å². The zero-order chi connectivity index (χ0) is 20.8. The number of rotatable bonds is 7. The number of halogens is 1. The van der Waals surface area contributed by atoms with Gasteiger partial charge in [0.15, 0.2) is 0 Å². The molecular weight excluding hydrogens is 386 g/mol. The van der Waals surface area contributed by atoms with Crippen LogP contribution >= 0.6 is 11.6 Å². The lowest BCUT2D eigenvalue weighted by atomic mass is 9.96. The molecule has 1 aliphatic heterocycles. The van der Waals surface area contributed by atoms with Crippen LogP contribution in [-0.2, 0) is 4.79 Å². The molecule has 0 bridgehead atoms. The molecule has 29 heavy (non-hydrogen) atoms. The first kappa shape index (κ1) is 21.5. The van der Waals surface area contributed by atoms with Crippen molar-refractivity contribution in [2.75, 3.05) is 44.7 Å². The van der Waals surface area contributed by atoms with Gasteiger partial charge in [0.25, 0.3) is 0 Å². The Labute approximate surface area is 178 Å². The fraction of sp³-hybridized carbons (Fsp3) is 0.435. The third-order valence-corrected chi connectivity index (χ3v) is 5.71. The molecule has 3 rings (SSSR count). The summed E-state index contributed by atoms with van der Waals surface area (Å²) in [4.78, 5) is 17.2. The molecular formula is C23H30ClN3O2. The van der Waals surface area contributed by atoms with Gasteiger partial charge in [-0.05, 0) is 35.7 Å². The topological polar surface area (TPSA) is 44.8 Å². The second-order valence-electron chi connectivity index (χ2n) is 7.78. The number of hydrogen-bond donors (Lipinski definition) is 1. The van der Waals surface area contributed by atoms with Crippen molar-refractivity contribution in [2.45, 2.75) is 19.9 Å². The molecule has 6 heteroatoms. The molecule has 1 unspecified atom stereocenters. The summed E-state index contributed by atoms with van der Waals surface area (Å²) in [6.45, 7) is 8.07. The van der Waals surface area contributed by atoms with E-state index in [1.807, 2.05) is 48.5 Å². The number of ether oxygens (including phenoxy) is 1. The van der Waals surface area contributed by atoms with Crippen molar-refractivity contribution in [1.82, 2.24) is 10.2 Å². The highest BCUT2D eigenvalue weighted by molar-refractivity contribution is 6.33. The van der Waals surface area contributed by atoms with Crippen LogP contribution in [0.4, 0.5) is 5.69 Å². The molecule has 0 aromatic heterocycles. The van der Waals surface area contributed by atoms with E-state index < -0.39 is 0 Å². The third kappa shape index (κ3) is 5.64. The zero-order valence-corrected chi connectivity index (χ0v) is 18.2. The van der Waals surface area contributed by atoms with Crippen LogP contribution in [-0.4, -0.2) is 50.6 Å². The number of amides is 1. The lowest BCUT2D eigenvalue weighted by molar-refractivity contribution is -0.123. The average molecular weight is 416 g/mol. The van der Waals surface area contributed by atoms with E-state index in [0.717, 1.165) is 48.2 Å². The number of anilines is 1. The Morgan fingerprint density at radius 3 is 2.31 bits per heavy atom. The lowest BCUT2D eigenvalue weighted by Crippen LogP contribution is -2.50. The van der Waals surface area contributed by atoms with Crippen LogP contribution in [0.25, 0.3) is 0 Å². The maximum absolute atomic E-state index is 12.7. The molecule has 0 aliphatic carbocycles. The fourth-order valence-electron chi connectivity index (χ4n) is 3.72. The van der Waals surface area contributed by atoms with Gasteiger partial charge < -0.3 is 15.0 Å². The number of para-hydroxylation sites is 1.